The quantitative estimate of drug-likeness (QED) is 0.855. The van der Waals surface area contributed by atoms with Crippen LogP contribution in [-0.4, -0.2) is 56.4 Å². The molecule has 1 saturated heterocycles. The Bertz CT molecular complexity index is 914. The van der Waals surface area contributed by atoms with Crippen LogP contribution in [0.1, 0.15) is 58.9 Å². The van der Waals surface area contributed by atoms with Gasteiger partial charge in [0.1, 0.15) is 11.3 Å². The Kier molecular flexibility index (Phi) is 3.86. The lowest BCUT2D eigenvalue weighted by molar-refractivity contribution is -0.143. The number of H-pyrrole nitrogens is 1. The summed E-state index contributed by atoms with van der Waals surface area (Å²) in [6.45, 7) is 5.46. The Balaban J connectivity index is 1.42. The van der Waals surface area contributed by atoms with E-state index in [1.807, 2.05) is 4.90 Å². The average molecular weight is 383 g/mol. The summed E-state index contributed by atoms with van der Waals surface area (Å²) in [6.07, 6.45) is 5.96. The fourth-order valence-electron chi connectivity index (χ4n) is 4.88. The normalized spacial score (nSPS) is 21.1. The van der Waals surface area contributed by atoms with Gasteiger partial charge in [0, 0.05) is 37.7 Å². The SMILES string of the molecule is Cc1noc(C)c1C(=O)N1CCC2(CC1)c1nc[nH]c1CCN2C(=O)C1CC1. The van der Waals surface area contributed by atoms with Gasteiger partial charge >= 0.3 is 0 Å². The summed E-state index contributed by atoms with van der Waals surface area (Å²) in [5.74, 6) is 0.961. The molecule has 2 amide bonds. The molecule has 2 aromatic rings. The summed E-state index contributed by atoms with van der Waals surface area (Å²) in [6, 6.07) is 0. The zero-order valence-electron chi connectivity index (χ0n) is 16.3. The van der Waals surface area contributed by atoms with Gasteiger partial charge in [-0.15, -0.1) is 0 Å². The molecule has 4 heterocycles. The largest absolute Gasteiger partial charge is 0.361 e. The summed E-state index contributed by atoms with van der Waals surface area (Å²) < 4.78 is 5.17. The number of rotatable bonds is 2. The van der Waals surface area contributed by atoms with Gasteiger partial charge in [0.05, 0.1) is 23.3 Å². The highest BCUT2D eigenvalue weighted by Gasteiger charge is 2.51. The molecule has 0 radical (unpaired) electrons. The van der Waals surface area contributed by atoms with Crippen LogP contribution >= 0.6 is 0 Å². The first kappa shape index (κ1) is 17.5. The van der Waals surface area contributed by atoms with Gasteiger partial charge in [-0.1, -0.05) is 5.16 Å². The Morgan fingerprint density at radius 1 is 1.21 bits per heavy atom. The molecule has 5 rings (SSSR count). The van der Waals surface area contributed by atoms with Crippen molar-refractivity contribution in [2.75, 3.05) is 19.6 Å². The predicted molar refractivity (Wildman–Crippen MR) is 99.5 cm³/mol. The number of hydrogen-bond donors (Lipinski definition) is 1. The van der Waals surface area contributed by atoms with Crippen LogP contribution in [0.2, 0.25) is 0 Å². The molecule has 8 heteroatoms. The maximum atomic E-state index is 13.0. The fraction of sp³-hybridized carbons (Fsp3) is 0.600. The van der Waals surface area contributed by atoms with E-state index < -0.39 is 5.54 Å². The highest BCUT2D eigenvalue weighted by molar-refractivity contribution is 5.96. The first-order valence-electron chi connectivity index (χ1n) is 10.1. The number of aryl methyl sites for hydroxylation is 2. The molecular formula is C20H25N5O3. The van der Waals surface area contributed by atoms with E-state index in [9.17, 15) is 9.59 Å². The van der Waals surface area contributed by atoms with Crippen molar-refractivity contribution >= 4 is 11.8 Å². The monoisotopic (exact) mass is 383 g/mol. The molecule has 2 aliphatic heterocycles. The third kappa shape index (κ3) is 2.50. The number of carbonyl (C=O) groups excluding carboxylic acids is 2. The lowest BCUT2D eigenvalue weighted by Gasteiger charge is -2.50. The Hall–Kier alpha value is -2.64. The number of aromatic amines is 1. The summed E-state index contributed by atoms with van der Waals surface area (Å²) >= 11 is 0. The van der Waals surface area contributed by atoms with Gasteiger partial charge in [0.25, 0.3) is 5.91 Å². The minimum Gasteiger partial charge on any atom is -0.361 e. The number of piperidine rings is 1. The standard InChI is InChI=1S/C20H25N5O3/c1-12-16(13(2)28-23-12)19(27)24-9-6-20(7-10-24)17-15(21-11-22-17)5-8-25(20)18(26)14-3-4-14/h11,14H,3-10H2,1-2H3,(H,21,22). The van der Waals surface area contributed by atoms with Crippen LogP contribution in [0, 0.1) is 19.8 Å². The number of hydrogen-bond acceptors (Lipinski definition) is 5. The van der Waals surface area contributed by atoms with Crippen LogP contribution in [0.3, 0.4) is 0 Å². The fourth-order valence-corrected chi connectivity index (χ4v) is 4.88. The number of carbonyl (C=O) groups is 2. The van der Waals surface area contributed by atoms with Gasteiger partial charge in [0.2, 0.25) is 5.91 Å². The number of aromatic nitrogens is 3. The molecule has 0 bridgehead atoms. The van der Waals surface area contributed by atoms with E-state index in [0.717, 1.165) is 37.2 Å². The van der Waals surface area contributed by atoms with Crippen LogP contribution in [0.4, 0.5) is 0 Å². The third-order valence-electron chi connectivity index (χ3n) is 6.58. The number of amides is 2. The molecule has 2 aromatic heterocycles. The second-order valence-corrected chi connectivity index (χ2v) is 8.27. The van der Waals surface area contributed by atoms with Crippen molar-refractivity contribution < 1.29 is 14.1 Å². The smallest absolute Gasteiger partial charge is 0.259 e. The second kappa shape index (κ2) is 6.18. The number of nitrogens with zero attached hydrogens (tertiary/aromatic N) is 4. The number of nitrogens with one attached hydrogen (secondary N) is 1. The minimum atomic E-state index is -0.400. The minimum absolute atomic E-state index is 0.0377. The summed E-state index contributed by atoms with van der Waals surface area (Å²) in [4.78, 5) is 37.9. The van der Waals surface area contributed by atoms with Crippen molar-refractivity contribution in [3.05, 3.63) is 34.7 Å². The van der Waals surface area contributed by atoms with Crippen LogP contribution in [0.15, 0.2) is 10.9 Å². The first-order chi connectivity index (χ1) is 13.5. The van der Waals surface area contributed by atoms with Gasteiger partial charge in [-0.25, -0.2) is 4.98 Å². The Morgan fingerprint density at radius 2 is 1.96 bits per heavy atom. The molecule has 28 heavy (non-hydrogen) atoms. The topological polar surface area (TPSA) is 95.3 Å². The molecule has 0 atom stereocenters. The second-order valence-electron chi connectivity index (χ2n) is 8.27. The highest BCUT2D eigenvalue weighted by Crippen LogP contribution is 2.45. The molecular weight excluding hydrogens is 358 g/mol. The van der Waals surface area contributed by atoms with Gasteiger partial charge < -0.3 is 19.3 Å². The van der Waals surface area contributed by atoms with Crippen molar-refractivity contribution in [2.45, 2.75) is 51.5 Å². The van der Waals surface area contributed by atoms with E-state index in [4.69, 9.17) is 4.52 Å². The molecule has 0 aromatic carbocycles. The zero-order valence-corrected chi connectivity index (χ0v) is 16.3. The van der Waals surface area contributed by atoms with E-state index in [2.05, 4.69) is 20.0 Å². The number of likely N-dealkylation sites (tertiary alicyclic amines) is 1. The molecule has 1 aliphatic carbocycles. The third-order valence-corrected chi connectivity index (χ3v) is 6.58. The van der Waals surface area contributed by atoms with Crippen molar-refractivity contribution in [3.63, 3.8) is 0 Å². The van der Waals surface area contributed by atoms with Crippen molar-refractivity contribution in [1.82, 2.24) is 24.9 Å². The van der Waals surface area contributed by atoms with Crippen LogP contribution in [0.5, 0.6) is 0 Å². The van der Waals surface area contributed by atoms with Crippen molar-refractivity contribution in [1.29, 1.82) is 0 Å². The first-order valence-corrected chi connectivity index (χ1v) is 10.1. The molecule has 8 nitrogen and oxygen atoms in total. The summed E-state index contributed by atoms with van der Waals surface area (Å²) in [5, 5.41) is 3.91. The van der Waals surface area contributed by atoms with Crippen LogP contribution in [0.25, 0.3) is 0 Å². The van der Waals surface area contributed by atoms with Gasteiger partial charge in [0.15, 0.2) is 0 Å². The Labute approximate surface area is 163 Å². The number of fused-ring (bicyclic) bond motifs is 2. The zero-order chi connectivity index (χ0) is 19.5. The molecule has 148 valence electrons. The van der Waals surface area contributed by atoms with E-state index in [1.165, 1.54) is 0 Å². The van der Waals surface area contributed by atoms with E-state index in [-0.39, 0.29) is 17.7 Å². The maximum absolute atomic E-state index is 13.0. The van der Waals surface area contributed by atoms with Gasteiger partial charge in [-0.2, -0.15) is 0 Å². The predicted octanol–water partition coefficient (Wildman–Crippen LogP) is 1.94. The lowest BCUT2D eigenvalue weighted by atomic mass is 9.78. The molecule has 1 spiro atoms. The lowest BCUT2D eigenvalue weighted by Crippen LogP contribution is -2.59. The maximum Gasteiger partial charge on any atom is 0.259 e. The number of imidazole rings is 1. The van der Waals surface area contributed by atoms with Crippen molar-refractivity contribution in [2.24, 2.45) is 5.92 Å². The highest BCUT2D eigenvalue weighted by atomic mass is 16.5. The molecule has 1 saturated carbocycles. The van der Waals surface area contributed by atoms with Crippen molar-refractivity contribution in [3.8, 4) is 0 Å². The average Bonchev–Trinajstić information content (AvgIpc) is 3.34. The molecule has 0 unspecified atom stereocenters. The molecule has 3 aliphatic rings. The summed E-state index contributed by atoms with van der Waals surface area (Å²) in [5.41, 5.74) is 2.91. The molecule has 1 N–H and O–H groups in total. The van der Waals surface area contributed by atoms with Gasteiger partial charge in [-0.05, 0) is 39.5 Å². The van der Waals surface area contributed by atoms with Crippen LogP contribution < -0.4 is 0 Å². The van der Waals surface area contributed by atoms with Crippen LogP contribution in [-0.2, 0) is 16.8 Å². The van der Waals surface area contributed by atoms with Gasteiger partial charge in [-0.3, -0.25) is 9.59 Å². The Morgan fingerprint density at radius 3 is 2.61 bits per heavy atom. The van der Waals surface area contributed by atoms with E-state index in [1.54, 1.807) is 20.2 Å². The van der Waals surface area contributed by atoms with E-state index in [0.29, 0.717) is 42.9 Å². The summed E-state index contributed by atoms with van der Waals surface area (Å²) in [7, 11) is 0. The van der Waals surface area contributed by atoms with E-state index >= 15 is 0 Å². The molecule has 2 fully saturated rings.